The minimum Gasteiger partial charge on any atom is -0.326 e. The number of benzene rings is 1. The van der Waals surface area contributed by atoms with Crippen LogP contribution in [0, 0.1) is 5.41 Å². The molecule has 1 aromatic rings. The first-order chi connectivity index (χ1) is 10.4. The van der Waals surface area contributed by atoms with Gasteiger partial charge in [-0.2, -0.15) is 0 Å². The van der Waals surface area contributed by atoms with Crippen molar-refractivity contribution >= 4 is 23.2 Å². The number of carbonyl (C=O) groups is 1. The molecule has 1 heterocycles. The summed E-state index contributed by atoms with van der Waals surface area (Å²) in [6.07, 6.45) is 0. The Morgan fingerprint density at radius 3 is 2.32 bits per heavy atom. The number of piperazine rings is 1. The molecule has 1 aliphatic heterocycles. The van der Waals surface area contributed by atoms with Gasteiger partial charge in [-0.15, -0.1) is 11.6 Å². The number of hydrogen-bond acceptors (Lipinski definition) is 3. The Kier molecular flexibility index (Phi) is 5.84. The summed E-state index contributed by atoms with van der Waals surface area (Å²) in [4.78, 5) is 16.9. The SMILES string of the molecule is CN1CCN(Cc2ccc(NC(=O)C(C)(C)CCl)cc2)CC1. The predicted molar refractivity (Wildman–Crippen MR) is 92.3 cm³/mol. The van der Waals surface area contributed by atoms with Crippen LogP contribution in [0.15, 0.2) is 24.3 Å². The number of nitrogens with one attached hydrogen (secondary N) is 1. The van der Waals surface area contributed by atoms with Gasteiger partial charge in [0.1, 0.15) is 0 Å². The first-order valence-corrected chi connectivity index (χ1v) is 8.31. The zero-order chi connectivity index (χ0) is 16.2. The van der Waals surface area contributed by atoms with E-state index in [4.69, 9.17) is 11.6 Å². The number of anilines is 1. The van der Waals surface area contributed by atoms with Crippen LogP contribution in [-0.2, 0) is 11.3 Å². The Bertz CT molecular complexity index is 493. The van der Waals surface area contributed by atoms with Gasteiger partial charge in [-0.1, -0.05) is 12.1 Å². The van der Waals surface area contributed by atoms with E-state index in [1.54, 1.807) is 0 Å². The number of carbonyl (C=O) groups excluding carboxylic acids is 1. The van der Waals surface area contributed by atoms with Gasteiger partial charge in [0, 0.05) is 44.3 Å². The Balaban J connectivity index is 1.89. The molecule has 1 fully saturated rings. The molecule has 1 saturated heterocycles. The highest BCUT2D eigenvalue weighted by atomic mass is 35.5. The number of alkyl halides is 1. The molecule has 1 aromatic carbocycles. The molecule has 22 heavy (non-hydrogen) atoms. The van der Waals surface area contributed by atoms with Crippen molar-refractivity contribution in [2.45, 2.75) is 20.4 Å². The fourth-order valence-electron chi connectivity index (χ4n) is 2.32. The Morgan fingerprint density at radius 2 is 1.77 bits per heavy atom. The van der Waals surface area contributed by atoms with Crippen LogP contribution in [-0.4, -0.2) is 54.8 Å². The fraction of sp³-hybridized carbons (Fsp3) is 0.588. The van der Waals surface area contributed by atoms with E-state index < -0.39 is 5.41 Å². The van der Waals surface area contributed by atoms with Crippen LogP contribution < -0.4 is 5.32 Å². The highest BCUT2D eigenvalue weighted by Crippen LogP contribution is 2.20. The van der Waals surface area contributed by atoms with Crippen LogP contribution >= 0.6 is 11.6 Å². The van der Waals surface area contributed by atoms with Crippen molar-refractivity contribution in [1.29, 1.82) is 0 Å². The van der Waals surface area contributed by atoms with Crippen molar-refractivity contribution in [1.82, 2.24) is 9.80 Å². The number of halogens is 1. The smallest absolute Gasteiger partial charge is 0.231 e. The molecular formula is C17H26ClN3O. The number of likely N-dealkylation sites (N-methyl/N-ethyl adjacent to an activating group) is 1. The van der Waals surface area contributed by atoms with Gasteiger partial charge >= 0.3 is 0 Å². The number of hydrogen-bond donors (Lipinski definition) is 1. The summed E-state index contributed by atoms with van der Waals surface area (Å²) in [5.41, 5.74) is 1.55. The van der Waals surface area contributed by atoms with Gasteiger partial charge in [0.25, 0.3) is 0 Å². The Labute approximate surface area is 138 Å². The molecule has 0 unspecified atom stereocenters. The largest absolute Gasteiger partial charge is 0.326 e. The van der Waals surface area contributed by atoms with Crippen LogP contribution in [0.3, 0.4) is 0 Å². The molecule has 1 aliphatic rings. The van der Waals surface area contributed by atoms with Crippen LogP contribution in [0.25, 0.3) is 0 Å². The minimum absolute atomic E-state index is 0.0469. The summed E-state index contributed by atoms with van der Waals surface area (Å²) in [7, 11) is 2.16. The molecule has 0 aliphatic carbocycles. The number of nitrogens with zero attached hydrogens (tertiary/aromatic N) is 2. The lowest BCUT2D eigenvalue weighted by molar-refractivity contribution is -0.122. The molecule has 0 bridgehead atoms. The van der Waals surface area contributed by atoms with Gasteiger partial charge in [0.2, 0.25) is 5.91 Å². The second kappa shape index (κ2) is 7.44. The molecular weight excluding hydrogens is 298 g/mol. The van der Waals surface area contributed by atoms with Crippen molar-refractivity contribution < 1.29 is 4.79 Å². The average Bonchev–Trinajstić information content (AvgIpc) is 2.51. The molecule has 4 nitrogen and oxygen atoms in total. The van der Waals surface area contributed by atoms with Crippen LogP contribution in [0.2, 0.25) is 0 Å². The molecule has 0 radical (unpaired) electrons. The standard InChI is InChI=1S/C17H26ClN3O/c1-17(2,13-18)16(22)19-15-6-4-14(5-7-15)12-21-10-8-20(3)9-11-21/h4-7H,8-13H2,1-3H3,(H,19,22). The zero-order valence-corrected chi connectivity index (χ0v) is 14.5. The van der Waals surface area contributed by atoms with Gasteiger partial charge in [-0.3, -0.25) is 9.69 Å². The van der Waals surface area contributed by atoms with E-state index >= 15 is 0 Å². The van der Waals surface area contributed by atoms with E-state index in [1.165, 1.54) is 5.56 Å². The topological polar surface area (TPSA) is 35.6 Å². The summed E-state index contributed by atoms with van der Waals surface area (Å²) in [5, 5.41) is 2.93. The molecule has 1 N–H and O–H groups in total. The van der Waals surface area contributed by atoms with Crippen molar-refractivity contribution in [2.75, 3.05) is 44.4 Å². The molecule has 0 atom stereocenters. The molecule has 0 aromatic heterocycles. The molecule has 2 rings (SSSR count). The number of rotatable bonds is 5. The maximum absolute atomic E-state index is 12.1. The molecule has 0 saturated carbocycles. The monoisotopic (exact) mass is 323 g/mol. The third kappa shape index (κ3) is 4.70. The quantitative estimate of drug-likeness (QED) is 0.846. The van der Waals surface area contributed by atoms with Crippen molar-refractivity contribution in [2.24, 2.45) is 5.41 Å². The lowest BCUT2D eigenvalue weighted by Crippen LogP contribution is -2.43. The summed E-state index contributed by atoms with van der Waals surface area (Å²) in [5.74, 6) is 0.259. The van der Waals surface area contributed by atoms with Gasteiger partial charge in [0.05, 0.1) is 5.41 Å². The number of amides is 1. The Hall–Kier alpha value is -1.10. The van der Waals surface area contributed by atoms with E-state index in [2.05, 4.69) is 34.3 Å². The van der Waals surface area contributed by atoms with Crippen molar-refractivity contribution in [3.63, 3.8) is 0 Å². The second-order valence-corrected chi connectivity index (χ2v) is 7.02. The van der Waals surface area contributed by atoms with E-state index in [0.717, 1.165) is 38.4 Å². The van der Waals surface area contributed by atoms with Crippen LogP contribution in [0.4, 0.5) is 5.69 Å². The van der Waals surface area contributed by atoms with E-state index in [1.807, 2.05) is 26.0 Å². The lowest BCUT2D eigenvalue weighted by Gasteiger charge is -2.32. The Morgan fingerprint density at radius 1 is 1.18 bits per heavy atom. The summed E-state index contributed by atoms with van der Waals surface area (Å²) in [6.45, 7) is 9.13. The van der Waals surface area contributed by atoms with Gasteiger partial charge in [-0.25, -0.2) is 0 Å². The van der Waals surface area contributed by atoms with Gasteiger partial charge < -0.3 is 10.2 Å². The molecule has 122 valence electrons. The minimum atomic E-state index is -0.556. The van der Waals surface area contributed by atoms with E-state index in [9.17, 15) is 4.79 Å². The van der Waals surface area contributed by atoms with Crippen LogP contribution in [0.5, 0.6) is 0 Å². The lowest BCUT2D eigenvalue weighted by atomic mass is 9.95. The normalized spacial score (nSPS) is 17.5. The van der Waals surface area contributed by atoms with E-state index in [-0.39, 0.29) is 5.91 Å². The third-order valence-corrected chi connectivity index (χ3v) is 4.83. The summed E-state index contributed by atoms with van der Waals surface area (Å²) >= 11 is 5.83. The maximum atomic E-state index is 12.1. The average molecular weight is 324 g/mol. The fourth-order valence-corrected chi connectivity index (χ4v) is 2.44. The van der Waals surface area contributed by atoms with Crippen molar-refractivity contribution in [3.05, 3.63) is 29.8 Å². The summed E-state index contributed by atoms with van der Waals surface area (Å²) < 4.78 is 0. The maximum Gasteiger partial charge on any atom is 0.231 e. The van der Waals surface area contributed by atoms with Crippen LogP contribution in [0.1, 0.15) is 19.4 Å². The summed E-state index contributed by atoms with van der Waals surface area (Å²) in [6, 6.07) is 8.10. The van der Waals surface area contributed by atoms with Crippen molar-refractivity contribution in [3.8, 4) is 0 Å². The van der Waals surface area contributed by atoms with E-state index in [0.29, 0.717) is 5.88 Å². The predicted octanol–water partition coefficient (Wildman–Crippen LogP) is 2.64. The first kappa shape index (κ1) is 17.3. The highest BCUT2D eigenvalue weighted by molar-refractivity contribution is 6.20. The third-order valence-electron chi connectivity index (χ3n) is 4.16. The first-order valence-electron chi connectivity index (χ1n) is 7.78. The molecule has 1 amide bonds. The molecule has 5 heteroatoms. The highest BCUT2D eigenvalue weighted by Gasteiger charge is 2.26. The second-order valence-electron chi connectivity index (χ2n) is 6.75. The van der Waals surface area contributed by atoms with Gasteiger partial charge in [-0.05, 0) is 38.6 Å². The van der Waals surface area contributed by atoms with Gasteiger partial charge in [0.15, 0.2) is 0 Å². The molecule has 0 spiro atoms. The zero-order valence-electron chi connectivity index (χ0n) is 13.7.